The summed E-state index contributed by atoms with van der Waals surface area (Å²) in [4.78, 5) is 1.11. The number of rotatable bonds is 5. The van der Waals surface area contributed by atoms with Gasteiger partial charge >= 0.3 is 0 Å². The summed E-state index contributed by atoms with van der Waals surface area (Å²) < 4.78 is 10.3. The molecule has 0 aromatic heterocycles. The summed E-state index contributed by atoms with van der Waals surface area (Å²) in [5, 5.41) is 0. The Hall–Kier alpha value is -0.320. The Labute approximate surface area is 87.4 Å². The van der Waals surface area contributed by atoms with Crippen molar-refractivity contribution in [3.05, 3.63) is 24.3 Å². The lowest BCUT2D eigenvalue weighted by atomic mass is 10.3. The van der Waals surface area contributed by atoms with Gasteiger partial charge in [0.2, 0.25) is 0 Å². The molecular weight excluding hydrogens is 204 g/mol. The molecule has 2 nitrogen and oxygen atoms in total. The van der Waals surface area contributed by atoms with Gasteiger partial charge in [0, 0.05) is 12.0 Å². The third-order valence-electron chi connectivity index (χ3n) is 1.49. The molecule has 0 bridgehead atoms. The summed E-state index contributed by atoms with van der Waals surface area (Å²) in [6.07, 6.45) is 0. The molecule has 0 saturated carbocycles. The highest BCUT2D eigenvalue weighted by Gasteiger charge is 1.93. The summed E-state index contributed by atoms with van der Waals surface area (Å²) in [5.74, 6) is 0.864. The van der Waals surface area contributed by atoms with Crippen LogP contribution in [0.5, 0.6) is 5.75 Å². The zero-order valence-electron chi connectivity index (χ0n) is 7.40. The van der Waals surface area contributed by atoms with E-state index in [0.717, 1.165) is 10.6 Å². The standard InChI is InChI=1S/C9H12O2S2/c1-10-6-7-11-8-2-4-9(13-12)5-3-8/h2-5,12H,6-7H2,1H3. The molecule has 72 valence electrons. The highest BCUT2D eigenvalue weighted by Crippen LogP contribution is 2.23. The van der Waals surface area contributed by atoms with E-state index < -0.39 is 0 Å². The molecule has 0 atom stereocenters. The quantitative estimate of drug-likeness (QED) is 0.464. The topological polar surface area (TPSA) is 18.5 Å². The van der Waals surface area contributed by atoms with Gasteiger partial charge in [-0.25, -0.2) is 0 Å². The maximum Gasteiger partial charge on any atom is 0.119 e. The number of ether oxygens (including phenoxy) is 2. The van der Waals surface area contributed by atoms with E-state index in [1.807, 2.05) is 24.3 Å². The van der Waals surface area contributed by atoms with E-state index in [1.54, 1.807) is 7.11 Å². The zero-order chi connectivity index (χ0) is 9.52. The Balaban J connectivity index is 2.40. The van der Waals surface area contributed by atoms with E-state index in [4.69, 9.17) is 9.47 Å². The van der Waals surface area contributed by atoms with E-state index in [9.17, 15) is 0 Å². The molecule has 0 spiro atoms. The molecule has 0 aliphatic rings. The van der Waals surface area contributed by atoms with Gasteiger partial charge in [-0.1, -0.05) is 10.8 Å². The Bertz CT molecular complexity index is 236. The van der Waals surface area contributed by atoms with Crippen molar-refractivity contribution in [2.45, 2.75) is 4.90 Å². The molecule has 0 saturated heterocycles. The van der Waals surface area contributed by atoms with E-state index in [-0.39, 0.29) is 0 Å². The molecule has 0 fully saturated rings. The summed E-state index contributed by atoms with van der Waals surface area (Å²) in [7, 11) is 3.08. The van der Waals surface area contributed by atoms with Crippen molar-refractivity contribution in [2.24, 2.45) is 0 Å². The van der Waals surface area contributed by atoms with Crippen LogP contribution < -0.4 is 4.74 Å². The average molecular weight is 216 g/mol. The molecular formula is C9H12O2S2. The number of hydrogen-bond donors (Lipinski definition) is 1. The minimum atomic E-state index is 0.587. The summed E-state index contributed by atoms with van der Waals surface area (Å²) in [6, 6.07) is 7.79. The predicted octanol–water partition coefficient (Wildman–Crippen LogP) is 2.65. The predicted molar refractivity (Wildman–Crippen MR) is 58.7 cm³/mol. The van der Waals surface area contributed by atoms with Crippen molar-refractivity contribution in [2.75, 3.05) is 20.3 Å². The third-order valence-corrected chi connectivity index (χ3v) is 2.60. The van der Waals surface area contributed by atoms with Gasteiger partial charge < -0.3 is 9.47 Å². The van der Waals surface area contributed by atoms with Crippen LogP contribution >= 0.6 is 22.5 Å². The van der Waals surface area contributed by atoms with Gasteiger partial charge in [0.1, 0.15) is 12.4 Å². The summed E-state index contributed by atoms with van der Waals surface area (Å²) in [6.45, 7) is 1.20. The molecule has 0 unspecified atom stereocenters. The van der Waals surface area contributed by atoms with Crippen molar-refractivity contribution in [3.8, 4) is 5.75 Å². The monoisotopic (exact) mass is 216 g/mol. The largest absolute Gasteiger partial charge is 0.491 e. The molecule has 0 radical (unpaired) electrons. The van der Waals surface area contributed by atoms with Crippen LogP contribution in [0.3, 0.4) is 0 Å². The number of thiol groups is 1. The molecule has 0 aliphatic heterocycles. The van der Waals surface area contributed by atoms with Gasteiger partial charge in [0.25, 0.3) is 0 Å². The van der Waals surface area contributed by atoms with Crippen LogP contribution in [-0.4, -0.2) is 20.3 Å². The highest BCUT2D eigenvalue weighted by atomic mass is 33.1. The van der Waals surface area contributed by atoms with Crippen molar-refractivity contribution in [3.63, 3.8) is 0 Å². The summed E-state index contributed by atoms with van der Waals surface area (Å²) in [5.41, 5.74) is 0. The fourth-order valence-electron chi connectivity index (χ4n) is 0.840. The molecule has 0 heterocycles. The lowest BCUT2D eigenvalue weighted by molar-refractivity contribution is 0.146. The second-order valence-electron chi connectivity index (χ2n) is 2.40. The van der Waals surface area contributed by atoms with Crippen LogP contribution in [0.25, 0.3) is 0 Å². The lowest BCUT2D eigenvalue weighted by Crippen LogP contribution is -2.03. The zero-order valence-corrected chi connectivity index (χ0v) is 9.11. The first-order chi connectivity index (χ1) is 6.36. The van der Waals surface area contributed by atoms with Crippen LogP contribution in [-0.2, 0) is 4.74 Å². The Morgan fingerprint density at radius 1 is 1.23 bits per heavy atom. The lowest BCUT2D eigenvalue weighted by Gasteiger charge is -2.05. The van der Waals surface area contributed by atoms with Crippen molar-refractivity contribution in [1.29, 1.82) is 0 Å². The maximum absolute atomic E-state index is 5.39. The first-order valence-corrected chi connectivity index (χ1v) is 5.77. The second-order valence-corrected chi connectivity index (χ2v) is 3.61. The van der Waals surface area contributed by atoms with Crippen molar-refractivity contribution in [1.82, 2.24) is 0 Å². The fourth-order valence-corrected chi connectivity index (χ4v) is 1.46. The van der Waals surface area contributed by atoms with Crippen molar-refractivity contribution >= 4 is 22.5 Å². The number of methoxy groups -OCH3 is 1. The molecule has 1 rings (SSSR count). The SMILES string of the molecule is COCCOc1ccc(SS)cc1. The van der Waals surface area contributed by atoms with Gasteiger partial charge in [0.05, 0.1) is 6.61 Å². The van der Waals surface area contributed by atoms with Crippen LogP contribution in [0, 0.1) is 0 Å². The van der Waals surface area contributed by atoms with Crippen LogP contribution in [0.4, 0.5) is 0 Å². The van der Waals surface area contributed by atoms with Gasteiger partial charge in [-0.3, -0.25) is 0 Å². The minimum Gasteiger partial charge on any atom is -0.491 e. The highest BCUT2D eigenvalue weighted by molar-refractivity contribution is 8.68. The van der Waals surface area contributed by atoms with Crippen LogP contribution in [0.15, 0.2) is 29.2 Å². The normalized spacial score (nSPS) is 10.0. The van der Waals surface area contributed by atoms with E-state index in [0.29, 0.717) is 13.2 Å². The molecule has 4 heteroatoms. The molecule has 1 aromatic rings. The molecule has 0 N–H and O–H groups in total. The van der Waals surface area contributed by atoms with Gasteiger partial charge in [-0.15, -0.1) is 11.7 Å². The fraction of sp³-hybridized carbons (Fsp3) is 0.333. The Kier molecular flexibility index (Phi) is 5.12. The molecule has 1 aromatic carbocycles. The Morgan fingerprint density at radius 3 is 2.46 bits per heavy atom. The third kappa shape index (κ3) is 3.93. The average Bonchev–Trinajstić information content (AvgIpc) is 2.19. The van der Waals surface area contributed by atoms with Gasteiger partial charge in [0.15, 0.2) is 0 Å². The van der Waals surface area contributed by atoms with E-state index in [2.05, 4.69) is 11.7 Å². The molecule has 0 amide bonds. The van der Waals surface area contributed by atoms with Crippen LogP contribution in [0.1, 0.15) is 0 Å². The van der Waals surface area contributed by atoms with Gasteiger partial charge in [-0.2, -0.15) is 0 Å². The maximum atomic E-state index is 5.39. The smallest absolute Gasteiger partial charge is 0.119 e. The van der Waals surface area contributed by atoms with Crippen molar-refractivity contribution < 1.29 is 9.47 Å². The Morgan fingerprint density at radius 2 is 1.92 bits per heavy atom. The minimum absolute atomic E-state index is 0.587. The van der Waals surface area contributed by atoms with E-state index in [1.165, 1.54) is 10.8 Å². The van der Waals surface area contributed by atoms with Crippen LogP contribution in [0.2, 0.25) is 0 Å². The molecule has 13 heavy (non-hydrogen) atoms. The number of benzene rings is 1. The van der Waals surface area contributed by atoms with E-state index >= 15 is 0 Å². The number of hydrogen-bond acceptors (Lipinski definition) is 4. The first kappa shape index (κ1) is 10.8. The second kappa shape index (κ2) is 6.18. The first-order valence-electron chi connectivity index (χ1n) is 3.90. The summed E-state index contributed by atoms with van der Waals surface area (Å²) >= 11 is 4.09. The molecule has 0 aliphatic carbocycles. The van der Waals surface area contributed by atoms with Gasteiger partial charge in [-0.05, 0) is 24.3 Å².